The van der Waals surface area contributed by atoms with E-state index < -0.39 is 6.04 Å². The van der Waals surface area contributed by atoms with Gasteiger partial charge in [0.05, 0.1) is 24.4 Å². The molecule has 2 aromatic carbocycles. The third kappa shape index (κ3) is 3.21. The highest BCUT2D eigenvalue weighted by Gasteiger charge is 2.51. The lowest BCUT2D eigenvalue weighted by Crippen LogP contribution is -2.63. The molecule has 1 aliphatic rings. The van der Waals surface area contributed by atoms with Crippen molar-refractivity contribution in [2.24, 2.45) is 0 Å². The maximum atomic E-state index is 14.5. The standard InChI is InChI=1S/C23H22FN3OS/c1-3-19-14(2)29-23(26-19)27-20(12-25)22(21(27)13-28)17-10-5-4-8-15(17)16-9-6-7-11-18(16)24/h4-11,20-22,28H,3,13H2,1-2H3/t20-,21+,22-/m0/s1. The van der Waals surface area contributed by atoms with Gasteiger partial charge in [0, 0.05) is 16.4 Å². The zero-order valence-electron chi connectivity index (χ0n) is 16.3. The third-order valence-electron chi connectivity index (χ3n) is 5.65. The molecule has 1 aliphatic heterocycles. The second-order valence-electron chi connectivity index (χ2n) is 7.18. The van der Waals surface area contributed by atoms with Gasteiger partial charge in [0.1, 0.15) is 11.9 Å². The Balaban J connectivity index is 1.77. The number of halogens is 1. The Morgan fingerprint density at radius 1 is 1.17 bits per heavy atom. The van der Waals surface area contributed by atoms with Crippen LogP contribution in [-0.4, -0.2) is 28.8 Å². The molecule has 0 radical (unpaired) electrons. The van der Waals surface area contributed by atoms with Crippen LogP contribution in [0.25, 0.3) is 11.1 Å². The number of thiazole rings is 1. The van der Waals surface area contributed by atoms with Gasteiger partial charge in [-0.3, -0.25) is 0 Å². The summed E-state index contributed by atoms with van der Waals surface area (Å²) in [5, 5.41) is 20.9. The van der Waals surface area contributed by atoms with E-state index in [9.17, 15) is 14.8 Å². The van der Waals surface area contributed by atoms with Crippen molar-refractivity contribution in [3.8, 4) is 17.2 Å². The summed E-state index contributed by atoms with van der Waals surface area (Å²) in [5.74, 6) is -0.525. The molecule has 0 unspecified atom stereocenters. The Kier molecular flexibility index (Phi) is 5.35. The minimum Gasteiger partial charge on any atom is -0.394 e. The number of aliphatic hydroxyl groups excluding tert-OH is 1. The highest BCUT2D eigenvalue weighted by atomic mass is 32.1. The molecule has 1 N–H and O–H groups in total. The molecule has 4 nitrogen and oxygen atoms in total. The van der Waals surface area contributed by atoms with Gasteiger partial charge in [-0.25, -0.2) is 9.37 Å². The highest BCUT2D eigenvalue weighted by Crippen LogP contribution is 2.47. The minimum atomic E-state index is -0.463. The van der Waals surface area contributed by atoms with E-state index in [1.54, 1.807) is 29.5 Å². The number of nitriles is 1. The number of nitrogens with zero attached hydrogens (tertiary/aromatic N) is 3. The van der Waals surface area contributed by atoms with E-state index in [1.165, 1.54) is 6.07 Å². The smallest absolute Gasteiger partial charge is 0.187 e. The van der Waals surface area contributed by atoms with Crippen molar-refractivity contribution in [2.75, 3.05) is 11.5 Å². The third-order valence-corrected chi connectivity index (χ3v) is 6.68. The van der Waals surface area contributed by atoms with Crippen LogP contribution in [0.1, 0.15) is 29.0 Å². The molecule has 1 aromatic heterocycles. The molecule has 3 atom stereocenters. The quantitative estimate of drug-likeness (QED) is 0.667. The molecule has 1 fully saturated rings. The zero-order chi connectivity index (χ0) is 20.5. The molecule has 4 rings (SSSR count). The molecule has 148 valence electrons. The Labute approximate surface area is 173 Å². The lowest BCUT2D eigenvalue weighted by atomic mass is 9.74. The number of hydrogen-bond donors (Lipinski definition) is 1. The van der Waals surface area contributed by atoms with E-state index in [1.807, 2.05) is 36.1 Å². The van der Waals surface area contributed by atoms with Crippen LogP contribution >= 0.6 is 11.3 Å². The fourth-order valence-corrected chi connectivity index (χ4v) is 5.30. The molecular formula is C23H22FN3OS. The first kappa shape index (κ1) is 19.6. The Morgan fingerprint density at radius 2 is 1.86 bits per heavy atom. The maximum Gasteiger partial charge on any atom is 0.187 e. The normalized spacial score (nSPS) is 20.9. The van der Waals surface area contributed by atoms with Crippen LogP contribution < -0.4 is 4.90 Å². The number of benzene rings is 2. The van der Waals surface area contributed by atoms with E-state index in [4.69, 9.17) is 4.98 Å². The van der Waals surface area contributed by atoms with Gasteiger partial charge in [0.25, 0.3) is 0 Å². The van der Waals surface area contributed by atoms with Crippen molar-refractivity contribution in [3.05, 3.63) is 70.5 Å². The van der Waals surface area contributed by atoms with Crippen LogP contribution in [0.3, 0.4) is 0 Å². The number of anilines is 1. The van der Waals surface area contributed by atoms with Gasteiger partial charge >= 0.3 is 0 Å². The van der Waals surface area contributed by atoms with Crippen LogP contribution in [0, 0.1) is 24.1 Å². The fraction of sp³-hybridized carbons (Fsp3) is 0.304. The van der Waals surface area contributed by atoms with Gasteiger partial charge in [-0.1, -0.05) is 49.4 Å². The Morgan fingerprint density at radius 3 is 2.48 bits per heavy atom. The zero-order valence-corrected chi connectivity index (χ0v) is 17.2. The van der Waals surface area contributed by atoms with Crippen LogP contribution in [0.5, 0.6) is 0 Å². The monoisotopic (exact) mass is 407 g/mol. The number of aromatic nitrogens is 1. The van der Waals surface area contributed by atoms with Crippen LogP contribution in [-0.2, 0) is 6.42 Å². The Bertz CT molecular complexity index is 1070. The van der Waals surface area contributed by atoms with Crippen molar-refractivity contribution in [1.29, 1.82) is 5.26 Å². The van der Waals surface area contributed by atoms with Crippen LogP contribution in [0.2, 0.25) is 0 Å². The van der Waals surface area contributed by atoms with Gasteiger partial charge in [0.15, 0.2) is 5.13 Å². The summed E-state index contributed by atoms with van der Waals surface area (Å²) in [6, 6.07) is 15.9. The van der Waals surface area contributed by atoms with Crippen molar-refractivity contribution >= 4 is 16.5 Å². The van der Waals surface area contributed by atoms with E-state index >= 15 is 0 Å². The van der Waals surface area contributed by atoms with Crippen molar-refractivity contribution < 1.29 is 9.50 Å². The first-order valence-corrected chi connectivity index (χ1v) is 10.5. The summed E-state index contributed by atoms with van der Waals surface area (Å²) in [5.41, 5.74) is 3.17. The number of aryl methyl sites for hydroxylation is 2. The van der Waals surface area contributed by atoms with Gasteiger partial charge in [-0.15, -0.1) is 11.3 Å². The fourth-order valence-electron chi connectivity index (χ4n) is 4.21. The summed E-state index contributed by atoms with van der Waals surface area (Å²) in [6.07, 6.45) is 0.830. The molecule has 0 bridgehead atoms. The van der Waals surface area contributed by atoms with Crippen molar-refractivity contribution in [2.45, 2.75) is 38.3 Å². The van der Waals surface area contributed by atoms with Crippen molar-refractivity contribution in [3.63, 3.8) is 0 Å². The number of hydrogen-bond acceptors (Lipinski definition) is 5. The van der Waals surface area contributed by atoms with E-state index in [0.29, 0.717) is 5.56 Å². The molecule has 3 aromatic rings. The molecule has 1 saturated heterocycles. The van der Waals surface area contributed by atoms with E-state index in [0.717, 1.165) is 33.3 Å². The molecular weight excluding hydrogens is 385 g/mol. The molecule has 29 heavy (non-hydrogen) atoms. The second kappa shape index (κ2) is 7.94. The van der Waals surface area contributed by atoms with Gasteiger partial charge in [-0.2, -0.15) is 5.26 Å². The van der Waals surface area contributed by atoms with E-state index in [-0.39, 0.29) is 24.4 Å². The Hall–Kier alpha value is -2.75. The largest absolute Gasteiger partial charge is 0.394 e. The molecule has 0 aliphatic carbocycles. The summed E-state index contributed by atoms with van der Waals surface area (Å²) < 4.78 is 14.5. The van der Waals surface area contributed by atoms with Crippen molar-refractivity contribution in [1.82, 2.24) is 4.98 Å². The van der Waals surface area contributed by atoms with Crippen LogP contribution in [0.15, 0.2) is 48.5 Å². The molecule has 2 heterocycles. The average Bonchev–Trinajstić information content (AvgIpc) is 3.08. The first-order chi connectivity index (χ1) is 14.1. The summed E-state index contributed by atoms with van der Waals surface area (Å²) in [6.45, 7) is 3.98. The first-order valence-electron chi connectivity index (χ1n) is 9.69. The second-order valence-corrected chi connectivity index (χ2v) is 8.36. The van der Waals surface area contributed by atoms with Gasteiger partial charge < -0.3 is 10.0 Å². The number of rotatable bonds is 5. The maximum absolute atomic E-state index is 14.5. The molecule has 0 spiro atoms. The highest BCUT2D eigenvalue weighted by molar-refractivity contribution is 7.15. The molecule has 0 amide bonds. The number of aliphatic hydroxyl groups is 1. The van der Waals surface area contributed by atoms with Gasteiger partial charge in [0.2, 0.25) is 0 Å². The topological polar surface area (TPSA) is 60.1 Å². The SMILES string of the molecule is CCc1nc(N2[C@H](CO)[C@@H](c3ccccc3-c3ccccc3F)[C@@H]2C#N)sc1C. The molecule has 6 heteroatoms. The average molecular weight is 408 g/mol. The van der Waals surface area contributed by atoms with Crippen LogP contribution in [0.4, 0.5) is 9.52 Å². The summed E-state index contributed by atoms with van der Waals surface area (Å²) >= 11 is 1.55. The van der Waals surface area contributed by atoms with E-state index in [2.05, 4.69) is 13.0 Å². The predicted molar refractivity (Wildman–Crippen MR) is 114 cm³/mol. The predicted octanol–water partition coefficient (Wildman–Crippen LogP) is 4.68. The lowest BCUT2D eigenvalue weighted by Gasteiger charge is -2.52. The summed E-state index contributed by atoms with van der Waals surface area (Å²) in [4.78, 5) is 7.74. The summed E-state index contributed by atoms with van der Waals surface area (Å²) in [7, 11) is 0. The van der Waals surface area contributed by atoms with Gasteiger partial charge in [-0.05, 0) is 30.5 Å². The lowest BCUT2D eigenvalue weighted by molar-refractivity contribution is 0.188. The minimum absolute atomic E-state index is 0.103. The molecule has 0 saturated carbocycles.